The maximum atomic E-state index is 12.0. The van der Waals surface area contributed by atoms with Gasteiger partial charge in [0.05, 0.1) is 11.3 Å². The molecule has 1 heterocycles. The van der Waals surface area contributed by atoms with Crippen LogP contribution in [0.4, 0.5) is 0 Å². The van der Waals surface area contributed by atoms with Gasteiger partial charge in [-0.1, -0.05) is 0 Å². The van der Waals surface area contributed by atoms with Crippen molar-refractivity contribution in [2.24, 2.45) is 7.05 Å². The van der Waals surface area contributed by atoms with Crippen molar-refractivity contribution in [2.75, 3.05) is 0 Å². The van der Waals surface area contributed by atoms with Gasteiger partial charge in [0.25, 0.3) is 0 Å². The van der Waals surface area contributed by atoms with Gasteiger partial charge in [0.15, 0.2) is 0 Å². The van der Waals surface area contributed by atoms with E-state index in [1.165, 1.54) is 5.56 Å². The summed E-state index contributed by atoms with van der Waals surface area (Å²) in [6.07, 6.45) is 3.77. The zero-order valence-corrected chi connectivity index (χ0v) is 14.9. The van der Waals surface area contributed by atoms with Gasteiger partial charge in [-0.2, -0.15) is 5.10 Å². The average molecular weight is 309 g/mol. The summed E-state index contributed by atoms with van der Waals surface area (Å²) < 4.78 is 1.86. The fourth-order valence-corrected chi connectivity index (χ4v) is 2.68. The highest BCUT2D eigenvalue weighted by atomic mass is 16.3. The minimum Gasteiger partial charge on any atom is -0.390 e. The van der Waals surface area contributed by atoms with Crippen LogP contribution in [0.2, 0.25) is 0 Å². The fraction of sp³-hybridized carbons (Fsp3) is 0.765. The fourth-order valence-electron chi connectivity index (χ4n) is 2.68. The highest BCUT2D eigenvalue weighted by molar-refractivity contribution is 5.76. The highest BCUT2D eigenvalue weighted by Gasteiger charge is 2.15. The topological polar surface area (TPSA) is 67.2 Å². The van der Waals surface area contributed by atoms with Gasteiger partial charge in [0.1, 0.15) is 0 Å². The predicted octanol–water partition coefficient (Wildman–Crippen LogP) is 2.42. The van der Waals surface area contributed by atoms with Gasteiger partial charge in [-0.3, -0.25) is 9.48 Å². The quantitative estimate of drug-likeness (QED) is 0.775. The molecular weight excluding hydrogens is 278 g/mol. The molecule has 1 aromatic rings. The number of rotatable bonds is 8. The standard InChI is InChI=1S/C17H31N3O2/c1-12(8-7-11-17(4,5)22)18-16(21)10-9-15-13(2)19-20(6)14(15)3/h12,22H,7-11H2,1-6H3,(H,18,21). The summed E-state index contributed by atoms with van der Waals surface area (Å²) in [5.41, 5.74) is 2.68. The molecule has 1 rings (SSSR count). The van der Waals surface area contributed by atoms with Crippen LogP contribution in [-0.2, 0) is 18.3 Å². The third-order valence-electron chi connectivity index (χ3n) is 4.09. The molecule has 5 heteroatoms. The molecule has 0 aliphatic rings. The third kappa shape index (κ3) is 6.18. The Balaban J connectivity index is 2.34. The summed E-state index contributed by atoms with van der Waals surface area (Å²) >= 11 is 0. The molecule has 2 N–H and O–H groups in total. The summed E-state index contributed by atoms with van der Waals surface area (Å²) in [7, 11) is 1.93. The van der Waals surface area contributed by atoms with E-state index in [9.17, 15) is 9.90 Å². The third-order valence-corrected chi connectivity index (χ3v) is 4.09. The lowest BCUT2D eigenvalue weighted by Gasteiger charge is -2.19. The molecule has 0 bridgehead atoms. The van der Waals surface area contributed by atoms with E-state index in [-0.39, 0.29) is 11.9 Å². The van der Waals surface area contributed by atoms with E-state index in [0.29, 0.717) is 6.42 Å². The van der Waals surface area contributed by atoms with Gasteiger partial charge in [0, 0.05) is 25.2 Å². The van der Waals surface area contributed by atoms with Gasteiger partial charge in [-0.05, 0) is 65.9 Å². The summed E-state index contributed by atoms with van der Waals surface area (Å²) in [5, 5.41) is 17.1. The van der Waals surface area contributed by atoms with Crippen molar-refractivity contribution >= 4 is 5.91 Å². The monoisotopic (exact) mass is 309 g/mol. The van der Waals surface area contributed by atoms with E-state index in [2.05, 4.69) is 10.4 Å². The summed E-state index contributed by atoms with van der Waals surface area (Å²) in [4.78, 5) is 12.0. The van der Waals surface area contributed by atoms with Crippen LogP contribution in [0.3, 0.4) is 0 Å². The van der Waals surface area contributed by atoms with Crippen LogP contribution in [0.1, 0.15) is 63.4 Å². The highest BCUT2D eigenvalue weighted by Crippen LogP contribution is 2.15. The van der Waals surface area contributed by atoms with Crippen LogP contribution in [0.15, 0.2) is 0 Å². The Hall–Kier alpha value is -1.36. The second-order valence-corrected chi connectivity index (χ2v) is 6.95. The van der Waals surface area contributed by atoms with Crippen LogP contribution in [0, 0.1) is 13.8 Å². The maximum Gasteiger partial charge on any atom is 0.220 e. The first kappa shape index (κ1) is 18.7. The summed E-state index contributed by atoms with van der Waals surface area (Å²) in [6, 6.07) is 0.144. The molecule has 0 saturated carbocycles. The second-order valence-electron chi connectivity index (χ2n) is 6.95. The van der Waals surface area contributed by atoms with Gasteiger partial charge in [-0.15, -0.1) is 0 Å². The summed E-state index contributed by atoms with van der Waals surface area (Å²) in [6.45, 7) is 9.67. The normalized spacial score (nSPS) is 13.2. The van der Waals surface area contributed by atoms with Crippen molar-refractivity contribution in [3.05, 3.63) is 17.0 Å². The number of hydrogen-bond donors (Lipinski definition) is 2. The van der Waals surface area contributed by atoms with Crippen molar-refractivity contribution in [3.63, 3.8) is 0 Å². The molecule has 1 unspecified atom stereocenters. The van der Waals surface area contributed by atoms with Gasteiger partial charge >= 0.3 is 0 Å². The molecule has 0 radical (unpaired) electrons. The molecule has 0 saturated heterocycles. The average Bonchev–Trinajstić information content (AvgIpc) is 2.59. The molecule has 22 heavy (non-hydrogen) atoms. The smallest absolute Gasteiger partial charge is 0.220 e. The minimum absolute atomic E-state index is 0.0819. The van der Waals surface area contributed by atoms with Crippen LogP contribution < -0.4 is 5.32 Å². The SMILES string of the molecule is Cc1nn(C)c(C)c1CCC(=O)NC(C)CCCC(C)(C)O. The Bertz CT molecular complexity index is 501. The number of aryl methyl sites for hydroxylation is 2. The first-order valence-corrected chi connectivity index (χ1v) is 8.11. The molecule has 5 nitrogen and oxygen atoms in total. The van der Waals surface area contributed by atoms with Crippen molar-refractivity contribution in [1.82, 2.24) is 15.1 Å². The number of carbonyl (C=O) groups is 1. The molecular formula is C17H31N3O2. The lowest BCUT2D eigenvalue weighted by Crippen LogP contribution is -2.33. The molecule has 1 amide bonds. The Morgan fingerprint density at radius 3 is 2.55 bits per heavy atom. The second kappa shape index (κ2) is 7.77. The molecule has 1 aromatic heterocycles. The van der Waals surface area contributed by atoms with Crippen molar-refractivity contribution < 1.29 is 9.90 Å². The predicted molar refractivity (Wildman–Crippen MR) is 88.8 cm³/mol. The van der Waals surface area contributed by atoms with Crippen molar-refractivity contribution in [3.8, 4) is 0 Å². The molecule has 0 aromatic carbocycles. The lowest BCUT2D eigenvalue weighted by molar-refractivity contribution is -0.121. The number of hydrogen-bond acceptors (Lipinski definition) is 3. The number of nitrogens with zero attached hydrogens (tertiary/aromatic N) is 2. The van der Waals surface area contributed by atoms with Crippen molar-refractivity contribution in [2.45, 2.75) is 78.4 Å². The zero-order valence-electron chi connectivity index (χ0n) is 14.9. The number of amides is 1. The molecule has 1 atom stereocenters. The van der Waals surface area contributed by atoms with Crippen LogP contribution in [-0.4, -0.2) is 32.4 Å². The van der Waals surface area contributed by atoms with E-state index in [1.54, 1.807) is 0 Å². The van der Waals surface area contributed by atoms with Gasteiger partial charge in [0.2, 0.25) is 5.91 Å². The molecule has 0 fully saturated rings. The maximum absolute atomic E-state index is 12.0. The van der Waals surface area contributed by atoms with Crippen LogP contribution in [0.5, 0.6) is 0 Å². The Kier molecular flexibility index (Phi) is 6.60. The summed E-state index contributed by atoms with van der Waals surface area (Å²) in [5.74, 6) is 0.0819. The first-order chi connectivity index (χ1) is 10.1. The minimum atomic E-state index is -0.626. The van der Waals surface area contributed by atoms with Gasteiger partial charge < -0.3 is 10.4 Å². The van der Waals surface area contributed by atoms with Crippen LogP contribution in [0.25, 0.3) is 0 Å². The van der Waals surface area contributed by atoms with E-state index >= 15 is 0 Å². The Labute approximate surface area is 134 Å². The van der Waals surface area contributed by atoms with E-state index in [0.717, 1.165) is 37.1 Å². The molecule has 0 spiro atoms. The zero-order chi connectivity index (χ0) is 16.9. The van der Waals surface area contributed by atoms with E-state index in [4.69, 9.17) is 0 Å². The lowest BCUT2D eigenvalue weighted by atomic mass is 9.99. The number of nitrogens with one attached hydrogen (secondary N) is 1. The molecule has 0 aliphatic carbocycles. The number of aliphatic hydroxyl groups is 1. The number of aromatic nitrogens is 2. The molecule has 126 valence electrons. The Morgan fingerprint density at radius 2 is 2.05 bits per heavy atom. The molecule has 0 aliphatic heterocycles. The van der Waals surface area contributed by atoms with Crippen molar-refractivity contribution in [1.29, 1.82) is 0 Å². The van der Waals surface area contributed by atoms with E-state index < -0.39 is 5.60 Å². The van der Waals surface area contributed by atoms with E-state index in [1.807, 2.05) is 46.3 Å². The van der Waals surface area contributed by atoms with Gasteiger partial charge in [-0.25, -0.2) is 0 Å². The number of carbonyl (C=O) groups excluding carboxylic acids is 1. The first-order valence-electron chi connectivity index (χ1n) is 8.11. The Morgan fingerprint density at radius 1 is 1.41 bits per heavy atom. The van der Waals surface area contributed by atoms with Crippen LogP contribution >= 0.6 is 0 Å². The largest absolute Gasteiger partial charge is 0.390 e.